The number of carbonyl (C=O) groups is 1. The van der Waals surface area contributed by atoms with E-state index in [1.54, 1.807) is 0 Å². The molecule has 6 fully saturated rings. The lowest BCUT2D eigenvalue weighted by atomic mass is 9.42. The average Bonchev–Trinajstić information content (AvgIpc) is 3.39. The van der Waals surface area contributed by atoms with Gasteiger partial charge >= 0.3 is 0 Å². The molecule has 1 saturated heterocycles. The van der Waals surface area contributed by atoms with Gasteiger partial charge in [-0.1, -0.05) is 41.5 Å². The normalized spacial score (nSPS) is 55.8. The number of aliphatic hydroxyl groups is 1. The van der Waals surface area contributed by atoms with Crippen molar-refractivity contribution in [1.82, 2.24) is 0 Å². The fraction of sp³-hybridized carbons (Fsp3) is 0.968. The topological polar surface area (TPSA) is 46.5 Å². The molecule has 1 heterocycles. The lowest BCUT2D eigenvalue weighted by Gasteiger charge is -2.63. The van der Waals surface area contributed by atoms with E-state index in [0.29, 0.717) is 45.2 Å². The summed E-state index contributed by atoms with van der Waals surface area (Å²) in [6, 6.07) is 0. The van der Waals surface area contributed by atoms with Crippen LogP contribution in [0.15, 0.2) is 0 Å². The van der Waals surface area contributed by atoms with E-state index in [9.17, 15) is 9.90 Å². The summed E-state index contributed by atoms with van der Waals surface area (Å²) < 4.78 is 6.51. The summed E-state index contributed by atoms with van der Waals surface area (Å²) in [5, 5.41) is 10.1. The van der Waals surface area contributed by atoms with Crippen LogP contribution >= 0.6 is 0 Å². The van der Waals surface area contributed by atoms with Crippen LogP contribution in [0.1, 0.15) is 112 Å². The number of carbonyl (C=O) groups excluding carboxylic acids is 1. The molecule has 5 aliphatic carbocycles. The Morgan fingerprint density at radius 3 is 2.24 bits per heavy atom. The number of ketones is 1. The highest BCUT2D eigenvalue weighted by molar-refractivity contribution is 5.86. The fourth-order valence-electron chi connectivity index (χ4n) is 11.9. The van der Waals surface area contributed by atoms with Crippen LogP contribution in [0.25, 0.3) is 0 Å². The zero-order valence-corrected chi connectivity index (χ0v) is 22.8. The molecule has 0 aromatic heterocycles. The van der Waals surface area contributed by atoms with Crippen LogP contribution in [0.5, 0.6) is 0 Å². The SMILES string of the molecule is CC(C)[C@@]1(CO)CC[C@H]([C@H]2CC[C@@]3(C)[C@@H]4CC[C@H]5C(C)(C)C(=O)CC[C@@]56C[C@@]46CC[C@]23C)CO1. The van der Waals surface area contributed by atoms with Gasteiger partial charge in [0.15, 0.2) is 0 Å². The molecule has 6 aliphatic rings. The Hall–Kier alpha value is -0.410. The zero-order valence-electron chi connectivity index (χ0n) is 22.8. The summed E-state index contributed by atoms with van der Waals surface area (Å²) in [5.74, 6) is 3.78. The molecular formula is C31H50O3. The van der Waals surface area contributed by atoms with Gasteiger partial charge in [0, 0.05) is 11.8 Å². The molecule has 3 nitrogen and oxygen atoms in total. The van der Waals surface area contributed by atoms with Crippen LogP contribution in [-0.2, 0) is 9.53 Å². The Morgan fingerprint density at radius 2 is 1.59 bits per heavy atom. The fourth-order valence-corrected chi connectivity index (χ4v) is 11.9. The highest BCUT2D eigenvalue weighted by atomic mass is 16.5. The first-order valence-electron chi connectivity index (χ1n) is 14.7. The predicted molar refractivity (Wildman–Crippen MR) is 135 cm³/mol. The van der Waals surface area contributed by atoms with Crippen molar-refractivity contribution in [3.05, 3.63) is 0 Å². The van der Waals surface area contributed by atoms with Crippen molar-refractivity contribution in [2.75, 3.05) is 13.2 Å². The number of hydrogen-bond acceptors (Lipinski definition) is 3. The molecule has 0 aromatic carbocycles. The van der Waals surface area contributed by atoms with Crippen molar-refractivity contribution in [2.45, 2.75) is 118 Å². The van der Waals surface area contributed by atoms with E-state index in [0.717, 1.165) is 31.3 Å². The van der Waals surface area contributed by atoms with Crippen LogP contribution < -0.4 is 0 Å². The summed E-state index contributed by atoms with van der Waals surface area (Å²) >= 11 is 0. The number of aliphatic hydroxyl groups excluding tert-OH is 1. The average molecular weight is 471 g/mol. The van der Waals surface area contributed by atoms with Gasteiger partial charge in [0.05, 0.1) is 18.8 Å². The molecule has 1 N–H and O–H groups in total. The summed E-state index contributed by atoms with van der Waals surface area (Å²) in [5.41, 5.74) is 1.41. The Kier molecular flexibility index (Phi) is 5.02. The molecule has 6 rings (SSSR count). The van der Waals surface area contributed by atoms with Crippen LogP contribution in [0, 0.1) is 56.7 Å². The van der Waals surface area contributed by atoms with Crippen LogP contribution in [0.3, 0.4) is 0 Å². The smallest absolute Gasteiger partial charge is 0.138 e. The molecule has 0 unspecified atom stereocenters. The molecule has 34 heavy (non-hydrogen) atoms. The van der Waals surface area contributed by atoms with Crippen molar-refractivity contribution in [3.8, 4) is 0 Å². The van der Waals surface area contributed by atoms with E-state index in [1.807, 2.05) is 0 Å². The maximum absolute atomic E-state index is 12.9. The third-order valence-corrected chi connectivity index (χ3v) is 14.3. The zero-order chi connectivity index (χ0) is 24.4. The van der Waals surface area contributed by atoms with Gasteiger partial charge < -0.3 is 9.84 Å². The largest absolute Gasteiger partial charge is 0.393 e. The maximum atomic E-state index is 12.9. The maximum Gasteiger partial charge on any atom is 0.138 e. The van der Waals surface area contributed by atoms with Crippen molar-refractivity contribution in [2.24, 2.45) is 56.7 Å². The van der Waals surface area contributed by atoms with Crippen LogP contribution in [0.4, 0.5) is 0 Å². The van der Waals surface area contributed by atoms with Gasteiger partial charge in [0.2, 0.25) is 0 Å². The Bertz CT molecular complexity index is 868. The summed E-state index contributed by atoms with van der Waals surface area (Å²) in [6.07, 6.45) is 13.8. The van der Waals surface area contributed by atoms with Crippen LogP contribution in [-0.4, -0.2) is 29.7 Å². The third-order valence-electron chi connectivity index (χ3n) is 14.3. The molecular weight excluding hydrogens is 420 g/mol. The Balaban J connectivity index is 1.26. The predicted octanol–water partition coefficient (Wildman–Crippen LogP) is 6.81. The molecule has 0 bridgehead atoms. The molecule has 0 amide bonds. The molecule has 3 heteroatoms. The van der Waals surface area contributed by atoms with E-state index in [2.05, 4.69) is 41.5 Å². The minimum absolute atomic E-state index is 0.109. The number of Topliss-reactive ketones (excluding diaryl/α,β-unsaturated/α-hetero) is 1. The van der Waals surface area contributed by atoms with Gasteiger partial charge in [-0.25, -0.2) is 0 Å². The van der Waals surface area contributed by atoms with Crippen molar-refractivity contribution in [3.63, 3.8) is 0 Å². The van der Waals surface area contributed by atoms with Gasteiger partial charge in [-0.3, -0.25) is 4.79 Å². The first-order valence-corrected chi connectivity index (χ1v) is 14.7. The third kappa shape index (κ3) is 2.60. The molecule has 2 spiro atoms. The second-order valence-electron chi connectivity index (χ2n) is 15.3. The van der Waals surface area contributed by atoms with Gasteiger partial charge in [-0.15, -0.1) is 0 Å². The Morgan fingerprint density at radius 1 is 0.882 bits per heavy atom. The second kappa shape index (κ2) is 7.12. The summed E-state index contributed by atoms with van der Waals surface area (Å²) in [4.78, 5) is 12.9. The van der Waals surface area contributed by atoms with E-state index in [1.165, 1.54) is 57.8 Å². The molecule has 0 aromatic rings. The van der Waals surface area contributed by atoms with Gasteiger partial charge in [-0.05, 0) is 115 Å². The molecule has 5 saturated carbocycles. The molecule has 192 valence electrons. The monoisotopic (exact) mass is 470 g/mol. The number of hydrogen-bond donors (Lipinski definition) is 1. The standard InChI is InChI=1S/C31H50O3/c1-20(2)31(19-32)14-9-21(17-34-31)22-10-12-28(6)24-8-7-23-26(3,4)25(33)11-13-29(23)18-30(24,29)16-15-27(22,28)5/h20-24,32H,7-19H2,1-6H3/t21-,22+,23-,24-,27+,28-,29+,30-,31-/m0/s1. The quantitative estimate of drug-likeness (QED) is 0.493. The number of rotatable bonds is 3. The summed E-state index contributed by atoms with van der Waals surface area (Å²) in [6.45, 7) is 15.3. The van der Waals surface area contributed by atoms with E-state index in [-0.39, 0.29) is 17.6 Å². The number of ether oxygens (including phenoxy) is 1. The van der Waals surface area contributed by atoms with Crippen molar-refractivity contribution >= 4 is 5.78 Å². The highest BCUT2D eigenvalue weighted by Gasteiger charge is 2.82. The summed E-state index contributed by atoms with van der Waals surface area (Å²) in [7, 11) is 0. The van der Waals surface area contributed by atoms with E-state index in [4.69, 9.17) is 4.74 Å². The second-order valence-corrected chi connectivity index (χ2v) is 15.3. The van der Waals surface area contributed by atoms with Crippen molar-refractivity contribution in [1.29, 1.82) is 0 Å². The number of fused-ring (bicyclic) bond motifs is 2. The van der Waals surface area contributed by atoms with Crippen molar-refractivity contribution < 1.29 is 14.6 Å². The molecule has 1 aliphatic heterocycles. The first kappa shape index (κ1) is 24.0. The van der Waals surface area contributed by atoms with E-state index >= 15 is 0 Å². The van der Waals surface area contributed by atoms with Gasteiger partial charge in [0.25, 0.3) is 0 Å². The lowest BCUT2D eigenvalue weighted by Crippen LogP contribution is -2.57. The minimum atomic E-state index is -0.320. The molecule has 9 atom stereocenters. The van der Waals surface area contributed by atoms with E-state index < -0.39 is 0 Å². The lowest BCUT2D eigenvalue weighted by molar-refractivity contribution is -0.180. The highest BCUT2D eigenvalue weighted by Crippen LogP contribution is 2.88. The minimum Gasteiger partial charge on any atom is -0.393 e. The molecule has 0 radical (unpaired) electrons. The van der Waals surface area contributed by atoms with Gasteiger partial charge in [0.1, 0.15) is 5.78 Å². The van der Waals surface area contributed by atoms with Crippen LogP contribution in [0.2, 0.25) is 0 Å². The van der Waals surface area contributed by atoms with Gasteiger partial charge in [-0.2, -0.15) is 0 Å². The first-order chi connectivity index (χ1) is 15.9. The Labute approximate surface area is 208 Å².